The molecule has 0 spiro atoms. The fourth-order valence-electron chi connectivity index (χ4n) is 1.22. The molecule has 1 aliphatic heterocycles. The number of anilines is 1. The lowest BCUT2D eigenvalue weighted by Gasteiger charge is -2.25. The van der Waals surface area contributed by atoms with E-state index in [1.165, 1.54) is 33.7 Å². The van der Waals surface area contributed by atoms with Crippen LogP contribution in [0.4, 0.5) is 10.1 Å². The minimum absolute atomic E-state index is 0.194. The van der Waals surface area contributed by atoms with Gasteiger partial charge in [-0.15, -0.1) is 11.3 Å². The van der Waals surface area contributed by atoms with E-state index in [4.69, 9.17) is 5.84 Å². The van der Waals surface area contributed by atoms with E-state index in [-0.39, 0.29) is 11.7 Å². The molecule has 1 aromatic heterocycles. The number of nitrogens with zero attached hydrogens (tertiary/aromatic N) is 2. The van der Waals surface area contributed by atoms with Gasteiger partial charge in [-0.1, -0.05) is 13.8 Å². The van der Waals surface area contributed by atoms with E-state index in [1.54, 1.807) is 0 Å². The van der Waals surface area contributed by atoms with Gasteiger partial charge in [-0.25, -0.2) is 10.2 Å². The molecule has 0 amide bonds. The summed E-state index contributed by atoms with van der Waals surface area (Å²) >= 11 is 2.62. The molecule has 14 heavy (non-hydrogen) atoms. The van der Waals surface area contributed by atoms with E-state index in [2.05, 4.69) is 4.40 Å². The molecule has 3 nitrogen and oxygen atoms in total. The van der Waals surface area contributed by atoms with Crippen LogP contribution in [0.15, 0.2) is 14.0 Å². The predicted octanol–water partition coefficient (Wildman–Crippen LogP) is 2.64. The number of amidine groups is 1. The third-order valence-corrected chi connectivity index (χ3v) is 3.80. The Hall–Kier alpha value is -0.590. The zero-order valence-electron chi connectivity index (χ0n) is 7.82. The molecule has 0 bridgehead atoms. The second-order valence-corrected chi connectivity index (χ2v) is 5.20. The van der Waals surface area contributed by atoms with Crippen LogP contribution in [0.1, 0.15) is 13.8 Å². The van der Waals surface area contributed by atoms with Crippen LogP contribution in [0, 0.1) is 11.7 Å². The van der Waals surface area contributed by atoms with Gasteiger partial charge < -0.3 is 0 Å². The Morgan fingerprint density at radius 1 is 1.57 bits per heavy atom. The van der Waals surface area contributed by atoms with Crippen LogP contribution in [-0.2, 0) is 0 Å². The Morgan fingerprint density at radius 3 is 2.93 bits per heavy atom. The normalized spacial score (nSPS) is 15.8. The summed E-state index contributed by atoms with van der Waals surface area (Å²) in [7, 11) is 0. The van der Waals surface area contributed by atoms with Gasteiger partial charge in [-0.2, -0.15) is 4.40 Å². The molecule has 0 saturated carbocycles. The van der Waals surface area contributed by atoms with E-state index < -0.39 is 0 Å². The van der Waals surface area contributed by atoms with Crippen molar-refractivity contribution in [1.29, 1.82) is 0 Å². The second kappa shape index (κ2) is 3.52. The quantitative estimate of drug-likeness (QED) is 0.596. The second-order valence-electron chi connectivity index (χ2n) is 3.29. The highest BCUT2D eigenvalue weighted by Gasteiger charge is 2.26. The molecule has 6 heteroatoms. The van der Waals surface area contributed by atoms with Gasteiger partial charge in [0.25, 0.3) is 0 Å². The van der Waals surface area contributed by atoms with Gasteiger partial charge in [0, 0.05) is 23.2 Å². The smallest absolute Gasteiger partial charge is 0.160 e. The Balaban J connectivity index is 2.42. The molecule has 0 saturated heterocycles. The average Bonchev–Trinajstić information content (AvgIpc) is 2.48. The number of rotatable bonds is 1. The van der Waals surface area contributed by atoms with E-state index >= 15 is 0 Å². The summed E-state index contributed by atoms with van der Waals surface area (Å²) in [6.07, 6.45) is 0. The van der Waals surface area contributed by atoms with Gasteiger partial charge in [0.1, 0.15) is 15.7 Å². The molecule has 0 aromatic carbocycles. The predicted molar refractivity (Wildman–Crippen MR) is 59.1 cm³/mol. The maximum atomic E-state index is 13.3. The average molecular weight is 231 g/mol. The van der Waals surface area contributed by atoms with Gasteiger partial charge in [-0.05, 0) is 0 Å². The molecule has 1 aliphatic rings. The van der Waals surface area contributed by atoms with Gasteiger partial charge in [0.05, 0.1) is 0 Å². The summed E-state index contributed by atoms with van der Waals surface area (Å²) in [5.41, 5.74) is 0.457. The molecule has 2 N–H and O–H groups in total. The molecule has 1 aromatic rings. The highest BCUT2D eigenvalue weighted by atomic mass is 32.2. The van der Waals surface area contributed by atoms with Crippen molar-refractivity contribution in [1.82, 2.24) is 0 Å². The van der Waals surface area contributed by atoms with E-state index in [1.807, 2.05) is 13.8 Å². The highest BCUT2D eigenvalue weighted by Crippen LogP contribution is 2.41. The van der Waals surface area contributed by atoms with Crippen LogP contribution in [-0.4, -0.2) is 5.84 Å². The fourth-order valence-corrected chi connectivity index (χ4v) is 3.04. The van der Waals surface area contributed by atoms with Crippen LogP contribution in [0.3, 0.4) is 0 Å². The summed E-state index contributed by atoms with van der Waals surface area (Å²) in [5, 5.41) is 2.80. The minimum atomic E-state index is -0.270. The number of halogens is 1. The molecule has 0 atom stereocenters. The van der Waals surface area contributed by atoms with Crippen molar-refractivity contribution in [3.63, 3.8) is 0 Å². The lowest BCUT2D eigenvalue weighted by atomic mass is 10.2. The summed E-state index contributed by atoms with van der Waals surface area (Å²) in [4.78, 5) is 0. The number of hydrazine groups is 1. The van der Waals surface area contributed by atoms with Crippen molar-refractivity contribution in [2.75, 3.05) is 5.01 Å². The molecule has 0 aliphatic carbocycles. The standard InChI is InChI=1S/C8H10FN3S2/c1-4(2)7-11-14-8-6(12(7)10)5(9)3-13-8/h3-4H,10H2,1-2H3. The SMILES string of the molecule is CC(C)C1=NSc2scc(F)c2N1N. The van der Waals surface area contributed by atoms with Crippen molar-refractivity contribution < 1.29 is 4.39 Å². The van der Waals surface area contributed by atoms with Gasteiger partial charge in [0.2, 0.25) is 0 Å². The van der Waals surface area contributed by atoms with E-state index in [0.29, 0.717) is 11.5 Å². The van der Waals surface area contributed by atoms with Gasteiger partial charge in [-0.3, -0.25) is 5.01 Å². The maximum absolute atomic E-state index is 13.3. The van der Waals surface area contributed by atoms with Crippen molar-refractivity contribution >= 4 is 34.8 Å². The fraction of sp³-hybridized carbons (Fsp3) is 0.375. The number of hydrogen-bond donors (Lipinski definition) is 1. The topological polar surface area (TPSA) is 41.6 Å². The lowest BCUT2D eigenvalue weighted by Crippen LogP contribution is -2.41. The number of fused-ring (bicyclic) bond motifs is 1. The number of hydrogen-bond acceptors (Lipinski definition) is 5. The third-order valence-electron chi connectivity index (χ3n) is 1.92. The van der Waals surface area contributed by atoms with Crippen molar-refractivity contribution in [2.24, 2.45) is 16.2 Å². The minimum Gasteiger partial charge on any atom is -0.260 e. The Kier molecular flexibility index (Phi) is 2.50. The van der Waals surface area contributed by atoms with Crippen LogP contribution < -0.4 is 10.9 Å². The highest BCUT2D eigenvalue weighted by molar-refractivity contribution is 8.00. The van der Waals surface area contributed by atoms with Crippen molar-refractivity contribution in [3.05, 3.63) is 11.2 Å². The lowest BCUT2D eigenvalue weighted by molar-refractivity contribution is 0.629. The first-order chi connectivity index (χ1) is 6.61. The zero-order chi connectivity index (χ0) is 10.3. The third kappa shape index (κ3) is 1.43. The van der Waals surface area contributed by atoms with E-state index in [0.717, 1.165) is 4.21 Å². The van der Waals surface area contributed by atoms with Crippen molar-refractivity contribution in [2.45, 2.75) is 18.1 Å². The summed E-state index contributed by atoms with van der Waals surface area (Å²) in [6, 6.07) is 0. The first kappa shape index (κ1) is 9.95. The maximum Gasteiger partial charge on any atom is 0.160 e. The van der Waals surface area contributed by atoms with Crippen molar-refractivity contribution in [3.8, 4) is 0 Å². The summed E-state index contributed by atoms with van der Waals surface area (Å²) < 4.78 is 18.4. The Bertz CT molecular complexity index is 386. The number of nitrogens with two attached hydrogens (primary N) is 1. The molecule has 0 unspecified atom stereocenters. The zero-order valence-corrected chi connectivity index (χ0v) is 9.45. The van der Waals surface area contributed by atoms with Crippen LogP contribution >= 0.6 is 23.3 Å². The summed E-state index contributed by atoms with van der Waals surface area (Å²) in [5.74, 6) is 6.42. The molecule has 76 valence electrons. The monoisotopic (exact) mass is 231 g/mol. The molecular weight excluding hydrogens is 221 g/mol. The van der Waals surface area contributed by atoms with Gasteiger partial charge >= 0.3 is 0 Å². The first-order valence-corrected chi connectivity index (χ1v) is 5.83. The van der Waals surface area contributed by atoms with Crippen LogP contribution in [0.2, 0.25) is 0 Å². The molecule has 2 rings (SSSR count). The first-order valence-electron chi connectivity index (χ1n) is 4.18. The Labute approximate surface area is 89.9 Å². The largest absolute Gasteiger partial charge is 0.260 e. The van der Waals surface area contributed by atoms with E-state index in [9.17, 15) is 4.39 Å². The number of thiophene rings is 1. The summed E-state index contributed by atoms with van der Waals surface area (Å²) in [6.45, 7) is 3.96. The van der Waals surface area contributed by atoms with Crippen LogP contribution in [0.5, 0.6) is 0 Å². The molecule has 0 radical (unpaired) electrons. The molecule has 2 heterocycles. The Morgan fingerprint density at radius 2 is 2.29 bits per heavy atom. The van der Waals surface area contributed by atoms with Gasteiger partial charge in [0.15, 0.2) is 5.82 Å². The molecular formula is C8H10FN3S2. The van der Waals surface area contributed by atoms with Crippen LogP contribution in [0.25, 0.3) is 0 Å². The molecule has 0 fully saturated rings.